The maximum Gasteiger partial charge on any atom is 0.270 e. The van der Waals surface area contributed by atoms with Crippen LogP contribution < -0.4 is 10.5 Å². The van der Waals surface area contributed by atoms with Crippen molar-refractivity contribution in [3.05, 3.63) is 31.9 Å². The molecule has 0 spiro atoms. The number of amides is 1. The minimum atomic E-state index is -0.248. The summed E-state index contributed by atoms with van der Waals surface area (Å²) in [5.41, 5.74) is 1.30. The van der Waals surface area contributed by atoms with Crippen LogP contribution in [0.4, 0.5) is 5.82 Å². The van der Waals surface area contributed by atoms with Crippen LogP contribution in [0.2, 0.25) is 0 Å². The second kappa shape index (κ2) is 10.9. The Bertz CT molecular complexity index is 1060. The molecule has 1 amide bonds. The van der Waals surface area contributed by atoms with Crippen LogP contribution in [0.25, 0.3) is 6.08 Å². The highest BCUT2D eigenvalue weighted by Crippen LogP contribution is 2.37. The van der Waals surface area contributed by atoms with Gasteiger partial charge in [0.25, 0.3) is 11.5 Å². The van der Waals surface area contributed by atoms with Crippen molar-refractivity contribution in [2.75, 3.05) is 38.1 Å². The van der Waals surface area contributed by atoms with Gasteiger partial charge in [-0.15, -0.1) is 0 Å². The highest BCUT2D eigenvalue weighted by Gasteiger charge is 2.35. The SMILES string of the molecule is CCCCn1c(N2CCN(C)CC2)c(/C=C2\SC(=S)N(C(C)CC)C2=O)c(C)c(C#N)c1=O. The van der Waals surface area contributed by atoms with E-state index in [1.807, 2.05) is 26.8 Å². The van der Waals surface area contributed by atoms with Crippen LogP contribution in [0, 0.1) is 18.3 Å². The molecule has 178 valence electrons. The minimum Gasteiger partial charge on any atom is -0.355 e. The van der Waals surface area contributed by atoms with E-state index in [9.17, 15) is 14.9 Å². The number of carbonyl (C=O) groups is 1. The standard InChI is InChI=1S/C24H33N5O2S2/c1-6-8-9-28-21(27-12-10-26(5)11-13-27)18(17(4)19(15-25)22(28)30)14-20-23(31)29(16(3)7-2)24(32)33-20/h14,16H,6-13H2,1-5H3/b20-14-. The van der Waals surface area contributed by atoms with E-state index in [-0.39, 0.29) is 23.1 Å². The van der Waals surface area contributed by atoms with Crippen LogP contribution in [0.1, 0.15) is 56.7 Å². The number of thioether (sulfide) groups is 1. The predicted octanol–water partition coefficient (Wildman–Crippen LogP) is 3.58. The van der Waals surface area contributed by atoms with E-state index < -0.39 is 0 Å². The number of piperazine rings is 1. The van der Waals surface area contributed by atoms with Gasteiger partial charge < -0.3 is 9.80 Å². The number of pyridine rings is 1. The van der Waals surface area contributed by atoms with Crippen molar-refractivity contribution in [1.29, 1.82) is 5.26 Å². The molecule has 1 atom stereocenters. The van der Waals surface area contributed by atoms with Gasteiger partial charge in [-0.1, -0.05) is 44.2 Å². The second-order valence-corrected chi connectivity index (χ2v) is 10.4. The van der Waals surface area contributed by atoms with E-state index >= 15 is 0 Å². The third-order valence-electron chi connectivity index (χ3n) is 6.52. The quantitative estimate of drug-likeness (QED) is 0.430. The second-order valence-electron chi connectivity index (χ2n) is 8.76. The fraction of sp³-hybridized carbons (Fsp3) is 0.583. The lowest BCUT2D eigenvalue weighted by Gasteiger charge is -2.36. The van der Waals surface area contributed by atoms with Gasteiger partial charge >= 0.3 is 0 Å². The van der Waals surface area contributed by atoms with Crippen molar-refractivity contribution in [2.45, 2.75) is 59.5 Å². The average Bonchev–Trinajstić information content (AvgIpc) is 3.08. The third-order valence-corrected chi connectivity index (χ3v) is 7.85. The highest BCUT2D eigenvalue weighted by atomic mass is 32.2. The molecule has 9 heteroatoms. The molecule has 3 rings (SSSR count). The van der Waals surface area contributed by atoms with Gasteiger partial charge in [-0.3, -0.25) is 19.1 Å². The molecule has 0 saturated carbocycles. The van der Waals surface area contributed by atoms with Crippen molar-refractivity contribution < 1.29 is 4.79 Å². The van der Waals surface area contributed by atoms with Gasteiger partial charge in [0.05, 0.1) is 4.91 Å². The smallest absolute Gasteiger partial charge is 0.270 e. The Hall–Kier alpha value is -2.15. The number of aromatic nitrogens is 1. The molecule has 2 saturated heterocycles. The number of nitrogens with zero attached hydrogens (tertiary/aromatic N) is 5. The molecule has 0 aliphatic carbocycles. The van der Waals surface area contributed by atoms with Gasteiger partial charge in [0.15, 0.2) is 0 Å². The Morgan fingerprint density at radius 3 is 2.45 bits per heavy atom. The Morgan fingerprint density at radius 1 is 1.21 bits per heavy atom. The lowest BCUT2D eigenvalue weighted by Crippen LogP contribution is -2.47. The fourth-order valence-electron chi connectivity index (χ4n) is 4.20. The lowest BCUT2D eigenvalue weighted by molar-refractivity contribution is -0.123. The molecule has 1 aromatic heterocycles. The molecule has 0 aromatic carbocycles. The van der Waals surface area contributed by atoms with Crippen LogP contribution in [-0.4, -0.2) is 63.9 Å². The van der Waals surface area contributed by atoms with E-state index in [1.54, 1.807) is 9.47 Å². The number of rotatable bonds is 7. The summed E-state index contributed by atoms with van der Waals surface area (Å²) >= 11 is 6.81. The van der Waals surface area contributed by atoms with Crippen molar-refractivity contribution >= 4 is 46.1 Å². The Kier molecular flexibility index (Phi) is 8.38. The number of carbonyl (C=O) groups excluding carboxylic acids is 1. The van der Waals surface area contributed by atoms with Crippen LogP contribution in [0.15, 0.2) is 9.70 Å². The molecule has 2 fully saturated rings. The summed E-state index contributed by atoms with van der Waals surface area (Å²) in [4.78, 5) is 33.3. The molecule has 2 aliphatic heterocycles. The Morgan fingerprint density at radius 2 is 1.88 bits per heavy atom. The molecule has 1 unspecified atom stereocenters. The largest absolute Gasteiger partial charge is 0.355 e. The normalized spacial score (nSPS) is 19.5. The van der Waals surface area contributed by atoms with E-state index in [0.717, 1.165) is 56.8 Å². The summed E-state index contributed by atoms with van der Waals surface area (Å²) in [6.07, 6.45) is 4.44. The molecule has 0 N–H and O–H groups in total. The number of hydrogen-bond donors (Lipinski definition) is 0. The van der Waals surface area contributed by atoms with Crippen LogP contribution >= 0.6 is 24.0 Å². The van der Waals surface area contributed by atoms with E-state index in [4.69, 9.17) is 12.2 Å². The molecule has 0 radical (unpaired) electrons. The van der Waals surface area contributed by atoms with Gasteiger partial charge in [0, 0.05) is 44.3 Å². The van der Waals surface area contributed by atoms with Crippen LogP contribution in [0.3, 0.4) is 0 Å². The topological polar surface area (TPSA) is 72.6 Å². The zero-order valence-electron chi connectivity index (χ0n) is 20.2. The van der Waals surface area contributed by atoms with E-state index in [1.165, 1.54) is 11.8 Å². The molecule has 33 heavy (non-hydrogen) atoms. The summed E-state index contributed by atoms with van der Waals surface area (Å²) in [7, 11) is 2.09. The maximum atomic E-state index is 13.3. The predicted molar refractivity (Wildman–Crippen MR) is 140 cm³/mol. The number of nitriles is 1. The van der Waals surface area contributed by atoms with Crippen LogP contribution in [-0.2, 0) is 11.3 Å². The number of anilines is 1. The lowest BCUT2D eigenvalue weighted by atomic mass is 10.0. The first-order chi connectivity index (χ1) is 15.7. The third kappa shape index (κ3) is 5.03. The first-order valence-corrected chi connectivity index (χ1v) is 12.9. The van der Waals surface area contributed by atoms with Gasteiger partial charge in [0.2, 0.25) is 0 Å². The Balaban J connectivity index is 2.22. The van der Waals surface area contributed by atoms with Gasteiger partial charge in [-0.05, 0) is 45.4 Å². The molecule has 3 heterocycles. The van der Waals surface area contributed by atoms with Crippen LogP contribution in [0.5, 0.6) is 0 Å². The summed E-state index contributed by atoms with van der Waals surface area (Å²) < 4.78 is 2.31. The summed E-state index contributed by atoms with van der Waals surface area (Å²) in [6, 6.07) is 2.14. The minimum absolute atomic E-state index is 0.0229. The number of likely N-dealkylation sites (N-methyl/N-ethyl adjacent to an activating group) is 1. The van der Waals surface area contributed by atoms with Gasteiger partial charge in [0.1, 0.15) is 21.8 Å². The number of hydrogen-bond acceptors (Lipinski definition) is 7. The number of unbranched alkanes of at least 4 members (excludes halogenated alkanes) is 1. The maximum absolute atomic E-state index is 13.3. The summed E-state index contributed by atoms with van der Waals surface area (Å²) in [5, 5.41) is 9.81. The summed E-state index contributed by atoms with van der Waals surface area (Å²) in [5.74, 6) is 0.708. The van der Waals surface area contributed by atoms with E-state index in [2.05, 4.69) is 29.8 Å². The zero-order valence-corrected chi connectivity index (χ0v) is 21.8. The number of thiocarbonyl (C=S) groups is 1. The molecular weight excluding hydrogens is 454 g/mol. The highest BCUT2D eigenvalue weighted by molar-refractivity contribution is 8.26. The summed E-state index contributed by atoms with van der Waals surface area (Å²) in [6.45, 7) is 11.8. The molecule has 2 aliphatic rings. The van der Waals surface area contributed by atoms with Gasteiger partial charge in [-0.25, -0.2) is 0 Å². The molecule has 7 nitrogen and oxygen atoms in total. The zero-order chi connectivity index (χ0) is 24.3. The van der Waals surface area contributed by atoms with Crippen molar-refractivity contribution in [1.82, 2.24) is 14.4 Å². The van der Waals surface area contributed by atoms with E-state index in [0.29, 0.717) is 21.3 Å². The van der Waals surface area contributed by atoms with Crippen molar-refractivity contribution in [3.8, 4) is 6.07 Å². The average molecular weight is 488 g/mol. The van der Waals surface area contributed by atoms with Crippen molar-refractivity contribution in [2.24, 2.45) is 0 Å². The monoisotopic (exact) mass is 487 g/mol. The van der Waals surface area contributed by atoms with Gasteiger partial charge in [-0.2, -0.15) is 5.26 Å². The molecule has 0 bridgehead atoms. The fourth-order valence-corrected chi connectivity index (χ4v) is 5.64. The molecular formula is C24H33N5O2S2. The van der Waals surface area contributed by atoms with Crippen molar-refractivity contribution in [3.63, 3.8) is 0 Å². The molecule has 1 aromatic rings. The Labute approximate surface area is 206 Å². The first-order valence-electron chi connectivity index (χ1n) is 11.6. The first kappa shape index (κ1) is 25.5.